The third-order valence-electron chi connectivity index (χ3n) is 4.65. The zero-order valence-corrected chi connectivity index (χ0v) is 20.0. The molecule has 0 spiro atoms. The molecule has 2 heterocycles. The van der Waals surface area contributed by atoms with Crippen molar-refractivity contribution in [3.8, 4) is 5.75 Å². The van der Waals surface area contributed by atoms with E-state index in [1.807, 2.05) is 12.1 Å². The number of benzene rings is 1. The van der Waals surface area contributed by atoms with Gasteiger partial charge in [0.2, 0.25) is 0 Å². The van der Waals surface area contributed by atoms with Crippen LogP contribution < -0.4 is 15.4 Å². The third-order valence-corrected chi connectivity index (χ3v) is 4.65. The smallest absolute Gasteiger partial charge is 0.191 e. The van der Waals surface area contributed by atoms with Crippen LogP contribution >= 0.6 is 24.0 Å². The fourth-order valence-corrected chi connectivity index (χ4v) is 3.06. The lowest BCUT2D eigenvalue weighted by molar-refractivity contribution is 0.140. The minimum atomic E-state index is 0. The van der Waals surface area contributed by atoms with Gasteiger partial charge < -0.3 is 29.3 Å². The number of hydrogen-bond donors (Lipinski definition) is 2. The summed E-state index contributed by atoms with van der Waals surface area (Å²) in [5.74, 6) is 2.57. The molecule has 166 valence electrons. The average Bonchev–Trinajstić information content (AvgIpc) is 3.41. The standard InChI is InChI=1S/C22H31N3O4.HI/c1-17-5-6-18(21(14-17)29-20-8-12-27-16-20)15-25-22(24-10-13-26-2)23-9-7-19-4-3-11-28-19;/h3-6,11,14,20H,7-10,12-13,15-16H2,1-2H3,(H2,23,24,25);1H. The first kappa shape index (κ1) is 24.5. The van der Waals surface area contributed by atoms with Crippen LogP contribution in [0.5, 0.6) is 5.75 Å². The molecular formula is C22H32IN3O4. The predicted octanol–water partition coefficient (Wildman–Crippen LogP) is 3.30. The highest BCUT2D eigenvalue weighted by Gasteiger charge is 2.18. The second kappa shape index (κ2) is 13.5. The first-order valence-corrected chi connectivity index (χ1v) is 10.1. The van der Waals surface area contributed by atoms with E-state index in [2.05, 4.69) is 35.8 Å². The molecule has 2 aromatic rings. The number of hydrogen-bond acceptors (Lipinski definition) is 5. The van der Waals surface area contributed by atoms with Crippen LogP contribution in [0.15, 0.2) is 46.0 Å². The first-order chi connectivity index (χ1) is 14.2. The third kappa shape index (κ3) is 8.16. The van der Waals surface area contributed by atoms with Gasteiger partial charge in [0, 0.05) is 38.6 Å². The molecule has 30 heavy (non-hydrogen) atoms. The first-order valence-electron chi connectivity index (χ1n) is 10.1. The Bertz CT molecular complexity index is 762. The molecule has 7 nitrogen and oxygen atoms in total. The van der Waals surface area contributed by atoms with Crippen molar-refractivity contribution in [2.45, 2.75) is 32.4 Å². The fraction of sp³-hybridized carbons (Fsp3) is 0.500. The summed E-state index contributed by atoms with van der Waals surface area (Å²) in [7, 11) is 1.69. The van der Waals surface area contributed by atoms with E-state index >= 15 is 0 Å². The highest BCUT2D eigenvalue weighted by atomic mass is 127. The maximum Gasteiger partial charge on any atom is 0.191 e. The number of ether oxygens (including phenoxy) is 3. The molecule has 3 rings (SSSR count). The van der Waals surface area contributed by atoms with Crippen molar-refractivity contribution in [2.24, 2.45) is 4.99 Å². The van der Waals surface area contributed by atoms with Gasteiger partial charge in [0.25, 0.3) is 0 Å². The second-order valence-electron chi connectivity index (χ2n) is 7.06. The normalized spacial score (nSPS) is 16.2. The Hall–Kier alpha value is -1.78. The fourth-order valence-electron chi connectivity index (χ4n) is 3.06. The van der Waals surface area contributed by atoms with Crippen LogP contribution in [0.25, 0.3) is 0 Å². The lowest BCUT2D eigenvalue weighted by Crippen LogP contribution is -2.40. The van der Waals surface area contributed by atoms with Gasteiger partial charge >= 0.3 is 0 Å². The van der Waals surface area contributed by atoms with E-state index in [0.717, 1.165) is 49.0 Å². The van der Waals surface area contributed by atoms with Gasteiger partial charge in [-0.2, -0.15) is 0 Å². The number of furan rings is 1. The Balaban J connectivity index is 0.00000320. The van der Waals surface area contributed by atoms with Gasteiger partial charge in [0.05, 0.1) is 32.6 Å². The van der Waals surface area contributed by atoms with Crippen LogP contribution in [0.3, 0.4) is 0 Å². The van der Waals surface area contributed by atoms with Crippen molar-refractivity contribution in [2.75, 3.05) is 40.0 Å². The quantitative estimate of drug-likeness (QED) is 0.213. The number of methoxy groups -OCH3 is 1. The summed E-state index contributed by atoms with van der Waals surface area (Å²) in [4.78, 5) is 4.75. The predicted molar refractivity (Wildman–Crippen MR) is 128 cm³/mol. The van der Waals surface area contributed by atoms with E-state index in [-0.39, 0.29) is 30.1 Å². The topological polar surface area (TPSA) is 77.2 Å². The van der Waals surface area contributed by atoms with E-state index in [9.17, 15) is 0 Å². The highest BCUT2D eigenvalue weighted by molar-refractivity contribution is 14.0. The van der Waals surface area contributed by atoms with Gasteiger partial charge in [-0.1, -0.05) is 12.1 Å². The maximum atomic E-state index is 6.18. The number of guanidine groups is 1. The lowest BCUT2D eigenvalue weighted by Gasteiger charge is -2.16. The molecule has 1 atom stereocenters. The van der Waals surface area contributed by atoms with Crippen LogP contribution in [0, 0.1) is 6.92 Å². The monoisotopic (exact) mass is 529 g/mol. The molecule has 0 saturated carbocycles. The van der Waals surface area contributed by atoms with Crippen molar-refractivity contribution in [1.82, 2.24) is 10.6 Å². The van der Waals surface area contributed by atoms with Crippen LogP contribution in [0.4, 0.5) is 0 Å². The molecule has 1 aromatic heterocycles. The van der Waals surface area contributed by atoms with Crippen LogP contribution in [-0.4, -0.2) is 52.1 Å². The van der Waals surface area contributed by atoms with Gasteiger partial charge in [0.1, 0.15) is 17.6 Å². The maximum absolute atomic E-state index is 6.18. The Morgan fingerprint density at radius 1 is 1.23 bits per heavy atom. The van der Waals surface area contributed by atoms with Crippen molar-refractivity contribution in [3.63, 3.8) is 0 Å². The zero-order chi connectivity index (χ0) is 20.3. The van der Waals surface area contributed by atoms with Crippen molar-refractivity contribution in [1.29, 1.82) is 0 Å². The summed E-state index contributed by atoms with van der Waals surface area (Å²) in [6.45, 7) is 6.01. The van der Waals surface area contributed by atoms with E-state index in [0.29, 0.717) is 26.3 Å². The van der Waals surface area contributed by atoms with Crippen molar-refractivity contribution < 1.29 is 18.6 Å². The van der Waals surface area contributed by atoms with E-state index in [1.54, 1.807) is 13.4 Å². The Morgan fingerprint density at radius 3 is 2.83 bits per heavy atom. The average molecular weight is 529 g/mol. The minimum absolute atomic E-state index is 0. The largest absolute Gasteiger partial charge is 0.488 e. The van der Waals surface area contributed by atoms with E-state index in [4.69, 9.17) is 23.6 Å². The molecule has 0 amide bonds. The molecule has 1 fully saturated rings. The number of rotatable bonds is 10. The second-order valence-corrected chi connectivity index (χ2v) is 7.06. The summed E-state index contributed by atoms with van der Waals surface area (Å²) in [5, 5.41) is 6.65. The van der Waals surface area contributed by atoms with Gasteiger partial charge in [0.15, 0.2) is 5.96 Å². The van der Waals surface area contributed by atoms with Gasteiger partial charge in [-0.25, -0.2) is 4.99 Å². The molecule has 0 aliphatic carbocycles. The van der Waals surface area contributed by atoms with Gasteiger partial charge in [-0.15, -0.1) is 24.0 Å². The van der Waals surface area contributed by atoms with Gasteiger partial charge in [-0.05, 0) is 30.7 Å². The van der Waals surface area contributed by atoms with Crippen LogP contribution in [0.1, 0.15) is 23.3 Å². The molecule has 1 aliphatic rings. The van der Waals surface area contributed by atoms with Gasteiger partial charge in [-0.3, -0.25) is 0 Å². The molecule has 1 saturated heterocycles. The molecule has 1 aliphatic heterocycles. The number of nitrogens with zero attached hydrogens (tertiary/aromatic N) is 1. The molecule has 0 bridgehead atoms. The lowest BCUT2D eigenvalue weighted by atomic mass is 10.1. The summed E-state index contributed by atoms with van der Waals surface area (Å²) < 4.78 is 22.1. The van der Waals surface area contributed by atoms with Crippen LogP contribution in [-0.2, 0) is 22.4 Å². The molecule has 2 N–H and O–H groups in total. The van der Waals surface area contributed by atoms with Crippen LogP contribution in [0.2, 0.25) is 0 Å². The molecule has 0 radical (unpaired) electrons. The number of halogens is 1. The number of aryl methyl sites for hydroxylation is 1. The summed E-state index contributed by atoms with van der Waals surface area (Å²) in [5.41, 5.74) is 2.23. The van der Waals surface area contributed by atoms with E-state index < -0.39 is 0 Å². The van der Waals surface area contributed by atoms with Crippen molar-refractivity contribution >= 4 is 29.9 Å². The van der Waals surface area contributed by atoms with Crippen molar-refractivity contribution in [3.05, 3.63) is 53.5 Å². The highest BCUT2D eigenvalue weighted by Crippen LogP contribution is 2.24. The Labute approximate surface area is 195 Å². The zero-order valence-electron chi connectivity index (χ0n) is 17.7. The number of nitrogens with one attached hydrogen (secondary N) is 2. The molecule has 1 aromatic carbocycles. The summed E-state index contributed by atoms with van der Waals surface area (Å²) in [6, 6.07) is 10.1. The molecule has 8 heteroatoms. The minimum Gasteiger partial charge on any atom is -0.488 e. The molecular weight excluding hydrogens is 497 g/mol. The molecule has 1 unspecified atom stereocenters. The Kier molecular flexibility index (Phi) is 11.0. The summed E-state index contributed by atoms with van der Waals surface area (Å²) in [6.07, 6.45) is 3.52. The SMILES string of the molecule is COCCNC(=NCc1ccc(C)cc1OC1CCOC1)NCCc1ccco1.I. The summed E-state index contributed by atoms with van der Waals surface area (Å²) >= 11 is 0. The van der Waals surface area contributed by atoms with E-state index in [1.165, 1.54) is 5.56 Å². The number of aliphatic imine (C=N–C) groups is 1. The Morgan fingerprint density at radius 2 is 2.10 bits per heavy atom.